The molecule has 0 spiro atoms. The quantitative estimate of drug-likeness (QED) is 0.621. The van der Waals surface area contributed by atoms with E-state index in [1.165, 1.54) is 0 Å². The lowest BCUT2D eigenvalue weighted by molar-refractivity contribution is -0.150. The minimum atomic E-state index is -0.469. The summed E-state index contributed by atoms with van der Waals surface area (Å²) in [6.07, 6.45) is -0.289. The molecule has 14 heavy (non-hydrogen) atoms. The van der Waals surface area contributed by atoms with Crippen LogP contribution in [0, 0.1) is 5.92 Å². The van der Waals surface area contributed by atoms with Gasteiger partial charge >= 0.3 is 0 Å². The maximum absolute atomic E-state index is 12.0. The van der Waals surface area contributed by atoms with E-state index in [0.29, 0.717) is 6.61 Å². The standard InChI is InChI=1S/C10H17NO3/c1-6-7-5-14-10(2,3)11(7)9(12)8(6)13-4/h6-8H,5H2,1-4H3/t6-,7+,8-/m0/s1. The Morgan fingerprint density at radius 3 is 2.71 bits per heavy atom. The Labute approximate surface area is 84.2 Å². The lowest BCUT2D eigenvalue weighted by atomic mass is 10.0. The first-order chi connectivity index (χ1) is 6.49. The SMILES string of the molecule is CO[C@@H]1C(=O)N2[C@H](COC2(C)C)[C@@H]1C. The van der Waals surface area contributed by atoms with Gasteiger partial charge < -0.3 is 14.4 Å². The van der Waals surface area contributed by atoms with Crippen molar-refractivity contribution in [1.29, 1.82) is 0 Å². The van der Waals surface area contributed by atoms with Crippen LogP contribution in [0.1, 0.15) is 20.8 Å². The number of hydrogen-bond acceptors (Lipinski definition) is 3. The molecule has 4 nitrogen and oxygen atoms in total. The summed E-state index contributed by atoms with van der Waals surface area (Å²) in [5, 5.41) is 0. The summed E-state index contributed by atoms with van der Waals surface area (Å²) in [7, 11) is 1.59. The maximum Gasteiger partial charge on any atom is 0.254 e. The van der Waals surface area contributed by atoms with Crippen LogP contribution in [-0.2, 0) is 14.3 Å². The molecule has 4 heteroatoms. The van der Waals surface area contributed by atoms with Crippen LogP contribution in [0.3, 0.4) is 0 Å². The summed E-state index contributed by atoms with van der Waals surface area (Å²) < 4.78 is 10.8. The number of nitrogens with zero attached hydrogens (tertiary/aromatic N) is 1. The van der Waals surface area contributed by atoms with E-state index in [9.17, 15) is 4.79 Å². The van der Waals surface area contributed by atoms with Crippen molar-refractivity contribution in [2.45, 2.75) is 38.6 Å². The minimum absolute atomic E-state index is 0.0625. The van der Waals surface area contributed by atoms with Crippen LogP contribution in [0.15, 0.2) is 0 Å². The molecule has 3 atom stereocenters. The largest absolute Gasteiger partial charge is 0.371 e. The molecule has 0 aliphatic carbocycles. The fraction of sp³-hybridized carbons (Fsp3) is 0.900. The molecule has 0 N–H and O–H groups in total. The Kier molecular flexibility index (Phi) is 2.08. The molecule has 2 aliphatic heterocycles. The molecule has 0 saturated carbocycles. The summed E-state index contributed by atoms with van der Waals surface area (Å²) in [5.74, 6) is 0.279. The number of amides is 1. The highest BCUT2D eigenvalue weighted by Gasteiger charge is 2.55. The molecule has 0 bridgehead atoms. The first-order valence-electron chi connectivity index (χ1n) is 4.99. The van der Waals surface area contributed by atoms with E-state index in [0.717, 1.165) is 0 Å². The van der Waals surface area contributed by atoms with Gasteiger partial charge in [-0.25, -0.2) is 0 Å². The van der Waals surface area contributed by atoms with Gasteiger partial charge in [0.25, 0.3) is 5.91 Å². The second kappa shape index (κ2) is 2.94. The second-order valence-electron chi connectivity index (χ2n) is 4.55. The predicted octanol–water partition coefficient (Wildman–Crippen LogP) is 0.615. The van der Waals surface area contributed by atoms with Crippen molar-refractivity contribution in [3.05, 3.63) is 0 Å². The van der Waals surface area contributed by atoms with Crippen molar-refractivity contribution in [3.63, 3.8) is 0 Å². The van der Waals surface area contributed by atoms with E-state index in [4.69, 9.17) is 9.47 Å². The molecule has 2 fully saturated rings. The average molecular weight is 199 g/mol. The molecule has 2 saturated heterocycles. The number of rotatable bonds is 1. The van der Waals surface area contributed by atoms with E-state index < -0.39 is 5.72 Å². The van der Waals surface area contributed by atoms with E-state index in [-0.39, 0.29) is 24.0 Å². The highest BCUT2D eigenvalue weighted by molar-refractivity contribution is 5.85. The van der Waals surface area contributed by atoms with Gasteiger partial charge in [-0.1, -0.05) is 6.92 Å². The van der Waals surface area contributed by atoms with Gasteiger partial charge in [-0.15, -0.1) is 0 Å². The van der Waals surface area contributed by atoms with Gasteiger partial charge in [0.1, 0.15) is 11.8 Å². The second-order valence-corrected chi connectivity index (χ2v) is 4.55. The van der Waals surface area contributed by atoms with Gasteiger partial charge in [-0.2, -0.15) is 0 Å². The molecule has 2 rings (SSSR count). The first-order valence-corrected chi connectivity index (χ1v) is 4.99. The molecule has 0 aromatic carbocycles. The fourth-order valence-corrected chi connectivity index (χ4v) is 2.53. The molecular weight excluding hydrogens is 182 g/mol. The molecule has 0 aromatic rings. The monoisotopic (exact) mass is 199 g/mol. The van der Waals surface area contributed by atoms with E-state index in [1.807, 2.05) is 25.7 Å². The first kappa shape index (κ1) is 9.93. The maximum atomic E-state index is 12.0. The number of carbonyl (C=O) groups is 1. The molecule has 2 aliphatic rings. The van der Waals surface area contributed by atoms with Gasteiger partial charge in [0, 0.05) is 13.0 Å². The Hall–Kier alpha value is -0.610. The average Bonchev–Trinajstić information content (AvgIpc) is 2.53. The van der Waals surface area contributed by atoms with E-state index >= 15 is 0 Å². The van der Waals surface area contributed by atoms with Crippen molar-refractivity contribution in [1.82, 2.24) is 4.90 Å². The van der Waals surface area contributed by atoms with Crippen molar-refractivity contribution >= 4 is 5.91 Å². The third kappa shape index (κ3) is 1.10. The van der Waals surface area contributed by atoms with E-state index in [2.05, 4.69) is 0 Å². The fourth-order valence-electron chi connectivity index (χ4n) is 2.53. The van der Waals surface area contributed by atoms with Gasteiger partial charge in [0.2, 0.25) is 0 Å². The highest BCUT2D eigenvalue weighted by atomic mass is 16.5. The summed E-state index contributed by atoms with van der Waals surface area (Å²) >= 11 is 0. The van der Waals surface area contributed by atoms with Crippen LogP contribution in [0.4, 0.5) is 0 Å². The number of fused-ring (bicyclic) bond motifs is 1. The Balaban J connectivity index is 2.30. The number of carbonyl (C=O) groups excluding carboxylic acids is 1. The molecule has 0 aromatic heterocycles. The van der Waals surface area contributed by atoms with Crippen molar-refractivity contribution < 1.29 is 14.3 Å². The summed E-state index contributed by atoms with van der Waals surface area (Å²) in [4.78, 5) is 13.8. The van der Waals surface area contributed by atoms with Crippen LogP contribution in [-0.4, -0.2) is 42.4 Å². The Morgan fingerprint density at radius 2 is 2.21 bits per heavy atom. The number of methoxy groups -OCH3 is 1. The van der Waals surface area contributed by atoms with Crippen LogP contribution in [0.25, 0.3) is 0 Å². The van der Waals surface area contributed by atoms with Gasteiger partial charge in [0.05, 0.1) is 12.6 Å². The minimum Gasteiger partial charge on any atom is -0.371 e. The zero-order valence-corrected chi connectivity index (χ0v) is 9.11. The molecule has 80 valence electrons. The van der Waals surface area contributed by atoms with Gasteiger partial charge in [-0.3, -0.25) is 4.79 Å². The number of ether oxygens (including phenoxy) is 2. The van der Waals surface area contributed by atoms with Gasteiger partial charge in [0.15, 0.2) is 0 Å². The zero-order valence-electron chi connectivity index (χ0n) is 9.11. The topological polar surface area (TPSA) is 38.8 Å². The van der Waals surface area contributed by atoms with Crippen molar-refractivity contribution in [2.24, 2.45) is 5.92 Å². The molecule has 0 unspecified atom stereocenters. The summed E-state index contributed by atoms with van der Waals surface area (Å²) in [6.45, 7) is 6.52. The molecular formula is C10H17NO3. The molecule has 2 heterocycles. The molecule has 0 radical (unpaired) electrons. The summed E-state index contributed by atoms with van der Waals surface area (Å²) in [5.41, 5.74) is -0.469. The third-order valence-corrected chi connectivity index (χ3v) is 3.34. The molecule has 1 amide bonds. The van der Waals surface area contributed by atoms with Crippen LogP contribution in [0.5, 0.6) is 0 Å². The van der Waals surface area contributed by atoms with Gasteiger partial charge in [-0.05, 0) is 13.8 Å². The Morgan fingerprint density at radius 1 is 1.57 bits per heavy atom. The van der Waals surface area contributed by atoms with Crippen molar-refractivity contribution in [2.75, 3.05) is 13.7 Å². The Bertz CT molecular complexity index is 264. The highest BCUT2D eigenvalue weighted by Crippen LogP contribution is 2.39. The van der Waals surface area contributed by atoms with E-state index in [1.54, 1.807) is 7.11 Å². The van der Waals surface area contributed by atoms with Crippen LogP contribution >= 0.6 is 0 Å². The zero-order chi connectivity index (χ0) is 10.5. The van der Waals surface area contributed by atoms with Crippen LogP contribution in [0.2, 0.25) is 0 Å². The lowest BCUT2D eigenvalue weighted by Gasteiger charge is -2.29. The number of hydrogen-bond donors (Lipinski definition) is 0. The normalized spacial score (nSPS) is 40.4. The van der Waals surface area contributed by atoms with Crippen molar-refractivity contribution in [3.8, 4) is 0 Å². The third-order valence-electron chi connectivity index (χ3n) is 3.34. The predicted molar refractivity (Wildman–Crippen MR) is 50.6 cm³/mol. The smallest absolute Gasteiger partial charge is 0.254 e. The summed E-state index contributed by atoms with van der Waals surface area (Å²) in [6, 6.07) is 0.183. The van der Waals surface area contributed by atoms with Crippen LogP contribution < -0.4 is 0 Å². The lowest BCUT2D eigenvalue weighted by Crippen LogP contribution is -2.45.